The lowest BCUT2D eigenvalue weighted by atomic mass is 10.2. The molecule has 3 nitrogen and oxygen atoms in total. The molecule has 64 heavy (non-hydrogen) atoms. The Morgan fingerprint density at radius 1 is 0.188 bits per heavy atom. The Morgan fingerprint density at radius 2 is 0.391 bits per heavy atom. The third kappa shape index (κ3) is 5.33. The maximum absolute atomic E-state index is 2.97. The predicted octanol–water partition coefficient (Wildman–Crippen LogP) is 12.4. The van der Waals surface area contributed by atoms with Gasteiger partial charge >= 0.3 is 0 Å². The fourth-order valence-electron chi connectivity index (χ4n) is 10.9. The Morgan fingerprint density at radius 3 is 0.641 bits per heavy atom. The van der Waals surface area contributed by atoms with E-state index in [1.807, 2.05) is 0 Å². The van der Waals surface area contributed by atoms with Gasteiger partial charge in [0.15, 0.2) is 8.07 Å². The van der Waals surface area contributed by atoms with Gasteiger partial charge in [0.2, 0.25) is 0 Å². The molecule has 13 aromatic rings. The quantitative estimate of drug-likeness (QED) is 0.112. The van der Waals surface area contributed by atoms with Crippen LogP contribution in [0.15, 0.2) is 249 Å². The highest BCUT2D eigenvalue weighted by atomic mass is 28.3. The van der Waals surface area contributed by atoms with Crippen molar-refractivity contribution in [1.29, 1.82) is 0 Å². The zero-order valence-electron chi connectivity index (χ0n) is 35.0. The van der Waals surface area contributed by atoms with Crippen LogP contribution in [0.25, 0.3) is 82.5 Å². The lowest BCUT2D eigenvalue weighted by Gasteiger charge is -2.35. The van der Waals surface area contributed by atoms with E-state index in [1.165, 1.54) is 86.2 Å². The van der Waals surface area contributed by atoms with E-state index in [-0.39, 0.29) is 0 Å². The highest BCUT2D eigenvalue weighted by Crippen LogP contribution is 2.35. The normalized spacial score (nSPS) is 12.1. The maximum atomic E-state index is 2.42. The predicted molar refractivity (Wildman–Crippen MR) is 273 cm³/mol. The summed E-state index contributed by atoms with van der Waals surface area (Å²) in [5.41, 5.74) is 10.7. The van der Waals surface area contributed by atoms with E-state index in [2.05, 4.69) is 262 Å². The van der Waals surface area contributed by atoms with Crippen LogP contribution in [0.2, 0.25) is 0 Å². The number of hydrogen-bond acceptors (Lipinski definition) is 0. The second-order valence-electron chi connectivity index (χ2n) is 16.9. The number of rotatable bonds is 7. The first-order chi connectivity index (χ1) is 31.8. The molecule has 0 atom stereocenters. The van der Waals surface area contributed by atoms with Crippen molar-refractivity contribution < 1.29 is 0 Å². The fourth-order valence-corrected chi connectivity index (χ4v) is 15.6. The van der Waals surface area contributed by atoms with Gasteiger partial charge in [0.05, 0.1) is 33.1 Å². The van der Waals surface area contributed by atoms with Crippen LogP contribution in [0.5, 0.6) is 0 Å². The van der Waals surface area contributed by atoms with Crippen LogP contribution in [0.4, 0.5) is 0 Å². The van der Waals surface area contributed by atoms with Crippen molar-refractivity contribution in [3.63, 3.8) is 0 Å². The highest BCUT2D eigenvalue weighted by molar-refractivity contribution is 7.19. The van der Waals surface area contributed by atoms with E-state index in [1.54, 1.807) is 0 Å². The first-order valence-electron chi connectivity index (χ1n) is 22.1. The molecule has 4 heteroatoms. The van der Waals surface area contributed by atoms with Crippen molar-refractivity contribution >= 4 is 94.2 Å². The summed E-state index contributed by atoms with van der Waals surface area (Å²) in [6, 6.07) is 92.4. The third-order valence-electron chi connectivity index (χ3n) is 13.6. The molecule has 0 amide bonds. The smallest absolute Gasteiger partial charge is 0.179 e. The van der Waals surface area contributed by atoms with E-state index < -0.39 is 8.07 Å². The number of fused-ring (bicyclic) bond motifs is 9. The molecule has 0 bridgehead atoms. The summed E-state index contributed by atoms with van der Waals surface area (Å²) < 4.78 is 7.25. The van der Waals surface area contributed by atoms with Crippen molar-refractivity contribution in [2.24, 2.45) is 0 Å². The van der Waals surface area contributed by atoms with Crippen molar-refractivity contribution in [1.82, 2.24) is 13.7 Å². The summed E-state index contributed by atoms with van der Waals surface area (Å²) in [5.74, 6) is 0. The lowest BCUT2D eigenvalue weighted by Crippen LogP contribution is -2.74. The van der Waals surface area contributed by atoms with Gasteiger partial charge in [-0.2, -0.15) is 0 Å². The number of aromatic nitrogens is 3. The number of para-hydroxylation sites is 6. The average molecular weight is 832 g/mol. The molecule has 0 aliphatic rings. The summed E-state index contributed by atoms with van der Waals surface area (Å²) in [6.07, 6.45) is 0. The van der Waals surface area contributed by atoms with Gasteiger partial charge in [0.25, 0.3) is 0 Å². The topological polar surface area (TPSA) is 14.8 Å². The van der Waals surface area contributed by atoms with Gasteiger partial charge in [0, 0.05) is 49.4 Å². The molecule has 0 unspecified atom stereocenters. The Kier molecular flexibility index (Phi) is 8.23. The molecule has 0 radical (unpaired) electrons. The summed E-state index contributed by atoms with van der Waals surface area (Å²) in [7, 11) is -2.97. The standard InChI is InChI=1S/C60H41N3Si/c1-2-16-45(17-3-1)64(46-36-30-42(31-37-46)61-55-24-10-4-18-49(55)50-19-5-11-25-56(50)61,47-38-32-43(33-39-47)62-57-26-12-6-20-51(57)52-21-7-13-27-58(52)62)48-40-34-44(35-41-48)63-59-28-14-8-22-53(59)54-23-9-15-29-60(54)63/h1-41H. The molecule has 0 N–H and O–H groups in total. The van der Waals surface area contributed by atoms with Crippen molar-refractivity contribution in [3.05, 3.63) is 249 Å². The van der Waals surface area contributed by atoms with Crippen LogP contribution < -0.4 is 20.7 Å². The third-order valence-corrected chi connectivity index (χ3v) is 18.4. The van der Waals surface area contributed by atoms with Crippen LogP contribution >= 0.6 is 0 Å². The van der Waals surface area contributed by atoms with E-state index in [4.69, 9.17) is 0 Å². The SMILES string of the molecule is c1ccc([Si](c2ccc(-n3c4ccccc4c4ccccc43)cc2)(c2ccc(-n3c4ccccc4c4ccccc43)cc2)c2ccc(-n3c4ccccc4c4ccccc43)cc2)cc1. The maximum Gasteiger partial charge on any atom is 0.179 e. The number of benzene rings is 10. The molecule has 0 aliphatic carbocycles. The molecule has 0 spiro atoms. The molecule has 0 saturated heterocycles. The van der Waals surface area contributed by atoms with Crippen LogP contribution in [0.3, 0.4) is 0 Å². The molecule has 0 fully saturated rings. The number of hydrogen-bond donors (Lipinski definition) is 0. The monoisotopic (exact) mass is 831 g/mol. The van der Waals surface area contributed by atoms with E-state index in [0.717, 1.165) is 17.1 Å². The Balaban J connectivity index is 1.04. The van der Waals surface area contributed by atoms with Crippen LogP contribution in [0.1, 0.15) is 0 Å². The highest BCUT2D eigenvalue weighted by Gasteiger charge is 2.41. The zero-order valence-corrected chi connectivity index (χ0v) is 36.0. The van der Waals surface area contributed by atoms with Crippen molar-refractivity contribution in [2.75, 3.05) is 0 Å². The minimum Gasteiger partial charge on any atom is -0.309 e. The van der Waals surface area contributed by atoms with Gasteiger partial charge in [-0.3, -0.25) is 0 Å². The van der Waals surface area contributed by atoms with E-state index in [0.29, 0.717) is 0 Å². The minimum atomic E-state index is -2.97. The van der Waals surface area contributed by atoms with Gasteiger partial charge in [-0.1, -0.05) is 176 Å². The first-order valence-corrected chi connectivity index (χ1v) is 24.1. The first kappa shape index (κ1) is 36.5. The molecule has 300 valence electrons. The van der Waals surface area contributed by atoms with Gasteiger partial charge < -0.3 is 13.7 Å². The molecule has 0 aliphatic heterocycles. The second-order valence-corrected chi connectivity index (χ2v) is 20.7. The molecule has 3 aromatic heterocycles. The fraction of sp³-hybridized carbons (Fsp3) is 0. The second kappa shape index (κ2) is 14.5. The van der Waals surface area contributed by atoms with Crippen molar-refractivity contribution in [2.45, 2.75) is 0 Å². The van der Waals surface area contributed by atoms with E-state index in [9.17, 15) is 0 Å². The van der Waals surface area contributed by atoms with Gasteiger partial charge in [-0.25, -0.2) is 0 Å². The van der Waals surface area contributed by atoms with Crippen LogP contribution in [-0.4, -0.2) is 21.8 Å². The Bertz CT molecular complexity index is 3340. The zero-order chi connectivity index (χ0) is 42.2. The molecular formula is C60H41N3Si. The lowest BCUT2D eigenvalue weighted by molar-refractivity contribution is 1.18. The average Bonchev–Trinajstić information content (AvgIpc) is 4.01. The summed E-state index contributed by atoms with van der Waals surface area (Å²) in [5, 5.41) is 12.9. The Hall–Kier alpha value is -8.18. The molecular weight excluding hydrogens is 791 g/mol. The minimum absolute atomic E-state index is 1.15. The summed E-state index contributed by atoms with van der Waals surface area (Å²) in [4.78, 5) is 0. The largest absolute Gasteiger partial charge is 0.309 e. The van der Waals surface area contributed by atoms with Gasteiger partial charge in [0.1, 0.15) is 0 Å². The van der Waals surface area contributed by atoms with Crippen LogP contribution in [-0.2, 0) is 0 Å². The van der Waals surface area contributed by atoms with Crippen LogP contribution in [0, 0.1) is 0 Å². The molecule has 10 aromatic carbocycles. The number of nitrogens with zero attached hydrogens (tertiary/aromatic N) is 3. The van der Waals surface area contributed by atoms with Gasteiger partial charge in [-0.15, -0.1) is 0 Å². The Labute approximate surface area is 372 Å². The summed E-state index contributed by atoms with van der Waals surface area (Å²) >= 11 is 0. The summed E-state index contributed by atoms with van der Waals surface area (Å²) in [6.45, 7) is 0. The molecule has 3 heterocycles. The molecule has 0 saturated carbocycles. The van der Waals surface area contributed by atoms with E-state index >= 15 is 0 Å². The van der Waals surface area contributed by atoms with Crippen molar-refractivity contribution in [3.8, 4) is 17.1 Å². The molecule has 13 rings (SSSR count). The van der Waals surface area contributed by atoms with Gasteiger partial charge in [-0.05, 0) is 93.5 Å².